The zero-order chi connectivity index (χ0) is 21.1. The van der Waals surface area contributed by atoms with E-state index in [1.54, 1.807) is 18.9 Å². The van der Waals surface area contributed by atoms with Gasteiger partial charge < -0.3 is 20.3 Å². The third-order valence-corrected chi connectivity index (χ3v) is 5.91. The number of hydrogen-bond acceptors (Lipinski definition) is 5. The summed E-state index contributed by atoms with van der Waals surface area (Å²) >= 11 is 0. The Morgan fingerprint density at radius 3 is 2.50 bits per heavy atom. The molecular formula is C19H32IN5O4S. The minimum atomic E-state index is -3.39. The topological polar surface area (TPSA) is 112 Å². The molecule has 1 saturated heterocycles. The Bertz CT molecular complexity index is 768. The van der Waals surface area contributed by atoms with Crippen molar-refractivity contribution in [3.63, 3.8) is 0 Å². The Morgan fingerprint density at radius 2 is 1.90 bits per heavy atom. The Kier molecular flexibility index (Phi) is 12.0. The molecule has 0 saturated carbocycles. The van der Waals surface area contributed by atoms with Gasteiger partial charge in [0.2, 0.25) is 10.0 Å². The van der Waals surface area contributed by atoms with Gasteiger partial charge in [0, 0.05) is 39.3 Å². The smallest absolute Gasteiger partial charge is 0.409 e. The van der Waals surface area contributed by atoms with Gasteiger partial charge in [-0.3, -0.25) is 4.99 Å². The molecule has 0 unspecified atom stereocenters. The molecule has 11 heteroatoms. The van der Waals surface area contributed by atoms with Gasteiger partial charge in [0.1, 0.15) is 0 Å². The van der Waals surface area contributed by atoms with E-state index in [1.165, 1.54) is 0 Å². The van der Waals surface area contributed by atoms with E-state index in [4.69, 9.17) is 4.74 Å². The first kappa shape index (κ1) is 26.4. The van der Waals surface area contributed by atoms with Crippen molar-refractivity contribution in [3.05, 3.63) is 35.9 Å². The molecule has 1 aromatic carbocycles. The number of nitrogens with zero attached hydrogens (tertiary/aromatic N) is 2. The molecule has 1 aliphatic rings. The van der Waals surface area contributed by atoms with E-state index in [9.17, 15) is 13.2 Å². The molecule has 30 heavy (non-hydrogen) atoms. The van der Waals surface area contributed by atoms with Crippen molar-refractivity contribution in [2.24, 2.45) is 4.99 Å². The van der Waals surface area contributed by atoms with Crippen LogP contribution < -0.4 is 15.4 Å². The minimum absolute atomic E-state index is 0. The third kappa shape index (κ3) is 9.47. The number of rotatable bonds is 8. The summed E-state index contributed by atoms with van der Waals surface area (Å²) in [5.74, 6) is 0.500. The minimum Gasteiger partial charge on any atom is -0.450 e. The van der Waals surface area contributed by atoms with Crippen LogP contribution in [0, 0.1) is 0 Å². The van der Waals surface area contributed by atoms with E-state index >= 15 is 0 Å². The summed E-state index contributed by atoms with van der Waals surface area (Å²) in [4.78, 5) is 17.6. The predicted molar refractivity (Wildman–Crippen MR) is 129 cm³/mol. The molecule has 3 N–H and O–H groups in total. The van der Waals surface area contributed by atoms with Gasteiger partial charge in [-0.1, -0.05) is 30.3 Å². The Labute approximate surface area is 196 Å². The molecule has 1 heterocycles. The Balaban J connectivity index is 0.00000450. The average molecular weight is 553 g/mol. The maximum absolute atomic E-state index is 12.2. The Morgan fingerprint density at radius 1 is 1.23 bits per heavy atom. The molecule has 0 aliphatic carbocycles. The van der Waals surface area contributed by atoms with E-state index in [-0.39, 0.29) is 55.0 Å². The fourth-order valence-corrected chi connectivity index (χ4v) is 3.88. The summed E-state index contributed by atoms with van der Waals surface area (Å²) in [5, 5.41) is 6.33. The summed E-state index contributed by atoms with van der Waals surface area (Å²) in [5.41, 5.74) is 0.913. The zero-order valence-electron chi connectivity index (χ0n) is 17.5. The van der Waals surface area contributed by atoms with Crippen molar-refractivity contribution in [1.29, 1.82) is 0 Å². The van der Waals surface area contributed by atoms with Crippen molar-refractivity contribution in [3.8, 4) is 0 Å². The molecule has 2 rings (SSSR count). The van der Waals surface area contributed by atoms with Gasteiger partial charge in [-0.25, -0.2) is 17.9 Å². The average Bonchev–Trinajstić information content (AvgIpc) is 2.73. The first-order valence-electron chi connectivity index (χ1n) is 9.83. The monoisotopic (exact) mass is 553 g/mol. The van der Waals surface area contributed by atoms with E-state index in [2.05, 4.69) is 20.3 Å². The van der Waals surface area contributed by atoms with Gasteiger partial charge in [-0.05, 0) is 25.3 Å². The summed E-state index contributed by atoms with van der Waals surface area (Å²) in [7, 11) is -1.75. The maximum atomic E-state index is 12.2. The van der Waals surface area contributed by atoms with Crippen LogP contribution in [0.2, 0.25) is 0 Å². The summed E-state index contributed by atoms with van der Waals surface area (Å²) in [6, 6.07) is 9.55. The zero-order valence-corrected chi connectivity index (χ0v) is 20.6. The number of likely N-dealkylation sites (tertiary alicyclic amines) is 1. The molecule has 0 bridgehead atoms. The highest BCUT2D eigenvalue weighted by atomic mass is 127. The summed E-state index contributed by atoms with van der Waals surface area (Å²) < 4.78 is 31.9. The second-order valence-electron chi connectivity index (χ2n) is 6.73. The number of guanidine groups is 1. The van der Waals surface area contributed by atoms with E-state index < -0.39 is 10.0 Å². The lowest BCUT2D eigenvalue weighted by atomic mass is 10.1. The molecule has 1 aliphatic heterocycles. The SMILES string of the molecule is CCOC(=O)N1CCC(NC(=NC)NCCS(=O)(=O)NCc2ccccc2)CC1.I. The maximum Gasteiger partial charge on any atom is 0.409 e. The van der Waals surface area contributed by atoms with Crippen LogP contribution in [0.3, 0.4) is 0 Å². The number of piperidine rings is 1. The second-order valence-corrected chi connectivity index (χ2v) is 8.66. The van der Waals surface area contributed by atoms with Crippen LogP contribution >= 0.6 is 24.0 Å². The van der Waals surface area contributed by atoms with Gasteiger partial charge in [-0.15, -0.1) is 24.0 Å². The predicted octanol–water partition coefficient (Wildman–Crippen LogP) is 1.51. The lowest BCUT2D eigenvalue weighted by Crippen LogP contribution is -2.50. The van der Waals surface area contributed by atoms with Crippen LogP contribution in [-0.2, 0) is 21.3 Å². The highest BCUT2D eigenvalue weighted by molar-refractivity contribution is 14.0. The van der Waals surface area contributed by atoms with Gasteiger partial charge in [-0.2, -0.15) is 0 Å². The van der Waals surface area contributed by atoms with Crippen LogP contribution in [0.5, 0.6) is 0 Å². The second kappa shape index (κ2) is 13.7. The number of ether oxygens (including phenoxy) is 1. The number of nitrogens with one attached hydrogen (secondary N) is 3. The van der Waals surface area contributed by atoms with Crippen molar-refractivity contribution in [2.45, 2.75) is 32.4 Å². The number of carbonyl (C=O) groups is 1. The fourth-order valence-electron chi connectivity index (χ4n) is 2.97. The summed E-state index contributed by atoms with van der Waals surface area (Å²) in [6.07, 6.45) is 1.27. The first-order chi connectivity index (χ1) is 13.9. The number of benzene rings is 1. The molecule has 1 amide bonds. The highest BCUT2D eigenvalue weighted by Crippen LogP contribution is 2.11. The van der Waals surface area contributed by atoms with Crippen molar-refractivity contribution < 1.29 is 17.9 Å². The molecule has 170 valence electrons. The van der Waals surface area contributed by atoms with Gasteiger partial charge >= 0.3 is 6.09 Å². The molecule has 1 fully saturated rings. The molecule has 0 atom stereocenters. The van der Waals surface area contributed by atoms with E-state index in [0.717, 1.165) is 18.4 Å². The van der Waals surface area contributed by atoms with Crippen molar-refractivity contribution in [1.82, 2.24) is 20.3 Å². The highest BCUT2D eigenvalue weighted by Gasteiger charge is 2.24. The van der Waals surface area contributed by atoms with Crippen LogP contribution in [0.4, 0.5) is 4.79 Å². The molecule has 0 radical (unpaired) electrons. The lowest BCUT2D eigenvalue weighted by Gasteiger charge is -2.32. The largest absolute Gasteiger partial charge is 0.450 e. The van der Waals surface area contributed by atoms with Gasteiger partial charge in [0.25, 0.3) is 0 Å². The molecule has 0 spiro atoms. The Hall–Kier alpha value is -1.60. The van der Waals surface area contributed by atoms with Crippen molar-refractivity contribution >= 4 is 46.1 Å². The number of aliphatic imine (C=N–C) groups is 1. The quantitative estimate of drug-likeness (QED) is 0.256. The van der Waals surface area contributed by atoms with Crippen LogP contribution in [0.25, 0.3) is 0 Å². The molecule has 0 aromatic heterocycles. The van der Waals surface area contributed by atoms with E-state index in [1.807, 2.05) is 30.3 Å². The van der Waals surface area contributed by atoms with Gasteiger partial charge in [0.15, 0.2) is 5.96 Å². The number of hydrogen-bond donors (Lipinski definition) is 3. The normalized spacial score (nSPS) is 15.3. The number of sulfonamides is 1. The number of amides is 1. The van der Waals surface area contributed by atoms with E-state index in [0.29, 0.717) is 25.7 Å². The molecule has 9 nitrogen and oxygen atoms in total. The number of halogens is 1. The fraction of sp³-hybridized carbons (Fsp3) is 0.579. The molecule has 1 aromatic rings. The van der Waals surface area contributed by atoms with Crippen LogP contribution in [0.15, 0.2) is 35.3 Å². The van der Waals surface area contributed by atoms with Crippen LogP contribution in [0.1, 0.15) is 25.3 Å². The first-order valence-corrected chi connectivity index (χ1v) is 11.5. The molecular weight excluding hydrogens is 521 g/mol. The van der Waals surface area contributed by atoms with Gasteiger partial charge in [0.05, 0.1) is 12.4 Å². The van der Waals surface area contributed by atoms with Crippen molar-refractivity contribution in [2.75, 3.05) is 39.0 Å². The standard InChI is InChI=1S/C19H31N5O4S.HI/c1-3-28-19(25)24-12-9-17(10-13-24)23-18(20-2)21-11-14-29(26,27)22-15-16-7-5-4-6-8-16;/h4-8,17,22H,3,9-15H2,1-2H3,(H2,20,21,23);1H. The van der Waals surface area contributed by atoms with Crippen LogP contribution in [-0.4, -0.2) is 70.5 Å². The third-order valence-electron chi connectivity index (χ3n) is 4.59. The summed E-state index contributed by atoms with van der Waals surface area (Å²) in [6.45, 7) is 3.91. The lowest BCUT2D eigenvalue weighted by molar-refractivity contribution is 0.0963. The number of carbonyl (C=O) groups excluding carboxylic acids is 1.